The third-order valence-corrected chi connectivity index (χ3v) is 7.30. The molecule has 0 fully saturated rings. The van der Waals surface area contributed by atoms with Crippen LogP contribution in [0.25, 0.3) is 43.4 Å². The van der Waals surface area contributed by atoms with E-state index >= 15 is 0 Å². The van der Waals surface area contributed by atoms with E-state index in [1.54, 1.807) is 5.12 Å². The molecule has 0 bridgehead atoms. The fourth-order valence-corrected chi connectivity index (χ4v) is 5.60. The van der Waals surface area contributed by atoms with Gasteiger partial charge in [0.2, 0.25) is 0 Å². The molecule has 0 N–H and O–H groups in total. The Labute approximate surface area is 219 Å². The Morgan fingerprint density at radius 3 is 2.24 bits per heavy atom. The second kappa shape index (κ2) is 8.15. The zero-order chi connectivity index (χ0) is 25.1. The summed E-state index contributed by atoms with van der Waals surface area (Å²) in [6.45, 7) is 0. The van der Waals surface area contributed by atoms with Crippen LogP contribution in [-0.2, 0) is 0 Å². The summed E-state index contributed by atoms with van der Waals surface area (Å²) in [5.74, 6) is 1.58. The van der Waals surface area contributed by atoms with E-state index in [9.17, 15) is 0 Å². The maximum atomic E-state index is 6.25. The standard InChI is InChI=1S/C34H21N3O/c1-3-10-24(11-4-1)37-35-21-31-30-20-26(38-25-12-5-2-6-13-25)16-18-28(30)29-17-15-23-19-22-9-7-8-14-27(22)33(32(23)29)34(31)36-37/h1-21H. The van der Waals surface area contributed by atoms with E-state index in [0.29, 0.717) is 0 Å². The van der Waals surface area contributed by atoms with Crippen molar-refractivity contribution in [2.45, 2.75) is 0 Å². The molecule has 3 aliphatic rings. The van der Waals surface area contributed by atoms with E-state index < -0.39 is 0 Å². The van der Waals surface area contributed by atoms with Crippen LogP contribution >= 0.6 is 0 Å². The molecule has 38 heavy (non-hydrogen) atoms. The summed E-state index contributed by atoms with van der Waals surface area (Å²) in [6, 6.07) is 41.5. The highest BCUT2D eigenvalue weighted by Crippen LogP contribution is 2.42. The topological polar surface area (TPSA) is 37.2 Å². The number of benzene rings is 5. The molecule has 4 nitrogen and oxygen atoms in total. The molecule has 0 saturated heterocycles. The summed E-state index contributed by atoms with van der Waals surface area (Å²) in [5, 5.41) is 19.5. The molecule has 0 saturated carbocycles. The minimum Gasteiger partial charge on any atom is -0.457 e. The van der Waals surface area contributed by atoms with Gasteiger partial charge in [-0.2, -0.15) is 10.2 Å². The summed E-state index contributed by atoms with van der Waals surface area (Å²) >= 11 is 0. The first-order valence-corrected chi connectivity index (χ1v) is 12.7. The highest BCUT2D eigenvalue weighted by atomic mass is 16.5. The highest BCUT2D eigenvalue weighted by molar-refractivity contribution is 6.21. The van der Waals surface area contributed by atoms with Gasteiger partial charge in [0.15, 0.2) is 0 Å². The number of nitrogens with zero attached hydrogens (tertiary/aromatic N) is 3. The molecule has 0 radical (unpaired) electrons. The zero-order valence-corrected chi connectivity index (χ0v) is 20.4. The van der Waals surface area contributed by atoms with Crippen molar-refractivity contribution in [3.8, 4) is 22.6 Å². The average molecular weight is 488 g/mol. The maximum absolute atomic E-state index is 6.25. The Morgan fingerprint density at radius 2 is 1.37 bits per heavy atom. The minimum atomic E-state index is 0.777. The van der Waals surface area contributed by atoms with Crippen LogP contribution < -0.4 is 15.2 Å². The summed E-state index contributed by atoms with van der Waals surface area (Å²) in [4.78, 5) is 0. The van der Waals surface area contributed by atoms with Gasteiger partial charge < -0.3 is 4.74 Å². The van der Waals surface area contributed by atoms with Crippen molar-refractivity contribution in [2.24, 2.45) is 10.2 Å². The van der Waals surface area contributed by atoms with E-state index in [4.69, 9.17) is 14.9 Å². The van der Waals surface area contributed by atoms with Gasteiger partial charge in [0.05, 0.1) is 11.9 Å². The average Bonchev–Trinajstić information content (AvgIpc) is 3.35. The minimum absolute atomic E-state index is 0.777. The zero-order valence-electron chi connectivity index (χ0n) is 20.4. The molecular weight excluding hydrogens is 466 g/mol. The number of para-hydroxylation sites is 2. The number of hydrogen-bond donors (Lipinski definition) is 0. The van der Waals surface area contributed by atoms with Gasteiger partial charge in [-0.25, -0.2) is 0 Å². The van der Waals surface area contributed by atoms with E-state index in [2.05, 4.69) is 54.6 Å². The van der Waals surface area contributed by atoms with Crippen LogP contribution in [0.3, 0.4) is 0 Å². The predicted molar refractivity (Wildman–Crippen MR) is 155 cm³/mol. The van der Waals surface area contributed by atoms with Crippen LogP contribution in [0, 0.1) is 0 Å². The normalized spacial score (nSPS) is 12.8. The monoisotopic (exact) mass is 487 g/mol. The Balaban J connectivity index is 1.51. The Bertz CT molecular complexity index is 2050. The Hall–Kier alpha value is -5.22. The van der Waals surface area contributed by atoms with Gasteiger partial charge in [-0.15, -0.1) is 5.10 Å². The molecule has 5 aromatic rings. The molecule has 0 amide bonds. The molecule has 0 aromatic heterocycles. The second-order valence-electron chi connectivity index (χ2n) is 9.54. The van der Waals surface area contributed by atoms with Crippen LogP contribution in [-0.4, -0.2) is 6.21 Å². The van der Waals surface area contributed by atoms with Crippen LogP contribution in [0.5, 0.6) is 11.5 Å². The summed E-state index contributed by atoms with van der Waals surface area (Å²) in [5.41, 5.74) is 4.32. The summed E-state index contributed by atoms with van der Waals surface area (Å²) < 4.78 is 6.25. The van der Waals surface area contributed by atoms with Crippen LogP contribution in [0.15, 0.2) is 132 Å². The smallest absolute Gasteiger partial charge is 0.128 e. The van der Waals surface area contributed by atoms with Gasteiger partial charge in [0.25, 0.3) is 0 Å². The molecular formula is C34H21N3O. The van der Waals surface area contributed by atoms with E-state index in [1.165, 1.54) is 27.3 Å². The first-order chi connectivity index (χ1) is 18.8. The second-order valence-corrected chi connectivity index (χ2v) is 9.54. The quantitative estimate of drug-likeness (QED) is 0.252. The number of anilines is 1. The van der Waals surface area contributed by atoms with Crippen molar-refractivity contribution in [3.05, 3.63) is 132 Å². The van der Waals surface area contributed by atoms with Gasteiger partial charge in [-0.05, 0) is 80.5 Å². The van der Waals surface area contributed by atoms with E-state index in [0.717, 1.165) is 44.3 Å². The van der Waals surface area contributed by atoms with Crippen molar-refractivity contribution in [1.82, 2.24) is 0 Å². The van der Waals surface area contributed by atoms with Crippen molar-refractivity contribution in [3.63, 3.8) is 0 Å². The summed E-state index contributed by atoms with van der Waals surface area (Å²) in [7, 11) is 0. The van der Waals surface area contributed by atoms with Crippen molar-refractivity contribution >= 4 is 44.2 Å². The molecule has 0 unspecified atom stereocenters. The van der Waals surface area contributed by atoms with Crippen molar-refractivity contribution in [2.75, 3.05) is 5.12 Å². The number of hydrogen-bond acceptors (Lipinski definition) is 4. The highest BCUT2D eigenvalue weighted by Gasteiger charge is 2.22. The predicted octanol–water partition coefficient (Wildman–Crippen LogP) is 8.15. The fourth-order valence-electron chi connectivity index (χ4n) is 5.60. The molecule has 8 rings (SSSR count). The molecule has 0 atom stereocenters. The summed E-state index contributed by atoms with van der Waals surface area (Å²) in [6.07, 6.45) is 1.94. The first-order valence-electron chi connectivity index (χ1n) is 12.7. The van der Waals surface area contributed by atoms with Gasteiger partial charge in [-0.1, -0.05) is 78.9 Å². The van der Waals surface area contributed by atoms with Gasteiger partial charge in [-0.3, -0.25) is 0 Å². The molecule has 1 aliphatic heterocycles. The third kappa shape index (κ3) is 3.17. The molecule has 0 spiro atoms. The molecule has 4 heteroatoms. The maximum Gasteiger partial charge on any atom is 0.128 e. The number of ether oxygens (including phenoxy) is 1. The lowest BCUT2D eigenvalue weighted by atomic mass is 9.96. The van der Waals surface area contributed by atoms with Crippen molar-refractivity contribution < 1.29 is 4.74 Å². The van der Waals surface area contributed by atoms with Crippen LogP contribution in [0.2, 0.25) is 0 Å². The third-order valence-electron chi connectivity index (χ3n) is 7.30. The van der Waals surface area contributed by atoms with Crippen LogP contribution in [0.1, 0.15) is 5.56 Å². The van der Waals surface area contributed by atoms with Gasteiger partial charge >= 0.3 is 0 Å². The van der Waals surface area contributed by atoms with E-state index in [-0.39, 0.29) is 0 Å². The number of hydrazone groups is 1. The molecule has 178 valence electrons. The molecule has 1 heterocycles. The lowest BCUT2D eigenvalue weighted by Gasteiger charge is -2.17. The Morgan fingerprint density at radius 1 is 0.579 bits per heavy atom. The lowest BCUT2D eigenvalue weighted by Crippen LogP contribution is -2.23. The molecule has 2 aliphatic carbocycles. The van der Waals surface area contributed by atoms with E-state index in [1.807, 2.05) is 72.9 Å². The lowest BCUT2D eigenvalue weighted by molar-refractivity contribution is 0.483. The van der Waals surface area contributed by atoms with Crippen LogP contribution in [0.4, 0.5) is 5.69 Å². The molecule has 5 aromatic carbocycles. The number of fused-ring (bicyclic) bond motifs is 7. The van der Waals surface area contributed by atoms with Gasteiger partial charge in [0.1, 0.15) is 16.9 Å². The number of rotatable bonds is 3. The Kier molecular flexibility index (Phi) is 4.49. The first kappa shape index (κ1) is 20.9. The van der Waals surface area contributed by atoms with Crippen molar-refractivity contribution in [1.29, 1.82) is 0 Å². The van der Waals surface area contributed by atoms with Gasteiger partial charge in [0, 0.05) is 10.9 Å². The SMILES string of the molecule is C1=NN(c2ccccc2)N=c2c1c1cc(Oc3ccccc3)ccc1c1ccc3cc4ccccc4c2c3-1. The fraction of sp³-hybridized carbons (Fsp3) is 0. The largest absolute Gasteiger partial charge is 0.457 e.